The maximum atomic E-state index is 11.9. The van der Waals surface area contributed by atoms with Gasteiger partial charge in [0.05, 0.1) is 25.3 Å². The molecule has 2 heterocycles. The van der Waals surface area contributed by atoms with Crippen LogP contribution >= 0.6 is 0 Å². The van der Waals surface area contributed by atoms with Crippen LogP contribution in [0.2, 0.25) is 0 Å². The molecule has 2 saturated heterocycles. The van der Waals surface area contributed by atoms with E-state index in [0.29, 0.717) is 6.61 Å². The maximum absolute atomic E-state index is 11.9. The van der Waals surface area contributed by atoms with Gasteiger partial charge in [-0.3, -0.25) is 10.1 Å². The average Bonchev–Trinajstić information content (AvgIpc) is 3.61. The molecule has 3 radical (unpaired) electrons. The van der Waals surface area contributed by atoms with Gasteiger partial charge in [-0.1, -0.05) is 100 Å². The average molecular weight is 590 g/mol. The summed E-state index contributed by atoms with van der Waals surface area (Å²) < 4.78 is 10.3. The van der Waals surface area contributed by atoms with Crippen molar-refractivity contribution in [2.75, 3.05) is 33.0 Å². The number of morpholine rings is 1. The van der Waals surface area contributed by atoms with E-state index in [1.54, 1.807) is 0 Å². The minimum absolute atomic E-state index is 0. The van der Waals surface area contributed by atoms with Crippen molar-refractivity contribution >= 4 is 14.4 Å². The van der Waals surface area contributed by atoms with Crippen molar-refractivity contribution in [2.45, 2.75) is 102 Å². The maximum Gasteiger partial charge on any atom is 1.00 e. The summed E-state index contributed by atoms with van der Waals surface area (Å²) >= 11 is 0. The molecule has 2 aliphatic rings. The number of esters is 1. The second kappa shape index (κ2) is 22.8. The molecule has 9 heteroatoms. The van der Waals surface area contributed by atoms with E-state index in [0.717, 1.165) is 57.3 Å². The zero-order valence-corrected chi connectivity index (χ0v) is 27.3. The standard InChI is InChI=1S/C15H21NO2.C15H25NO2.C4H8O.B.Li.H/c1-3-4-10-15(2)14(17)18-11-13(16-15)12-8-6-5-7-9-12;1-3-4-10-15(2,12-18)16-14(11-17)13-8-6-5-7-9-13;1-2-4-5-3-1;;;/h5-9,13,16H,3-4,10-11H2,1-2H3;5-9,14,16-18H,3-4,10-12H2,1-2H3;1-4H2;;;/q;;;;+1;-1/t13-,15+;14-,15+;;;;/m00..../s1. The second-order valence-electron chi connectivity index (χ2n) is 11.6. The first kappa shape index (κ1) is 41.4. The molecule has 2 fully saturated rings. The van der Waals surface area contributed by atoms with E-state index >= 15 is 0 Å². The van der Waals surface area contributed by atoms with Crippen LogP contribution in [-0.2, 0) is 14.3 Å². The molecule has 0 aliphatic carbocycles. The van der Waals surface area contributed by atoms with Gasteiger partial charge in [0.1, 0.15) is 12.1 Å². The fraction of sp³-hybridized carbons (Fsp3) is 0.618. The van der Waals surface area contributed by atoms with Gasteiger partial charge < -0.3 is 26.4 Å². The Kier molecular flexibility index (Phi) is 22.0. The van der Waals surface area contributed by atoms with Gasteiger partial charge in [-0.25, -0.2) is 0 Å². The van der Waals surface area contributed by atoms with E-state index < -0.39 is 5.54 Å². The van der Waals surface area contributed by atoms with Crippen LogP contribution in [0.15, 0.2) is 60.7 Å². The summed E-state index contributed by atoms with van der Waals surface area (Å²) in [7, 11) is 0. The van der Waals surface area contributed by atoms with Gasteiger partial charge in [0, 0.05) is 27.2 Å². The SMILES string of the molecule is C1CCOC1.CCCC[C@@]1(C)N[C@H](c2ccccc2)COC1=O.CCCC[C@](C)(CO)N[C@@H](CO)c1ccccc1.[B].[H-].[Li+]. The third-order valence-electron chi connectivity index (χ3n) is 7.72. The monoisotopic (exact) mass is 589 g/mol. The van der Waals surface area contributed by atoms with Crippen LogP contribution in [0.25, 0.3) is 0 Å². The number of aliphatic hydroxyl groups excluding tert-OH is 2. The zero-order chi connectivity index (χ0) is 30.0. The molecule has 235 valence electrons. The molecule has 0 saturated carbocycles. The van der Waals surface area contributed by atoms with E-state index in [9.17, 15) is 15.0 Å². The van der Waals surface area contributed by atoms with Crippen LogP contribution in [0.1, 0.15) is 104 Å². The van der Waals surface area contributed by atoms with Crippen molar-refractivity contribution in [3.8, 4) is 0 Å². The van der Waals surface area contributed by atoms with Crippen LogP contribution in [0.3, 0.4) is 0 Å². The molecule has 0 bridgehead atoms. The van der Waals surface area contributed by atoms with Crippen LogP contribution in [0, 0.1) is 0 Å². The molecule has 2 aliphatic heterocycles. The van der Waals surface area contributed by atoms with Gasteiger partial charge in [-0.2, -0.15) is 0 Å². The van der Waals surface area contributed by atoms with Crippen LogP contribution in [0.5, 0.6) is 0 Å². The zero-order valence-electron chi connectivity index (χ0n) is 28.3. The van der Waals surface area contributed by atoms with Crippen LogP contribution < -0.4 is 29.5 Å². The molecule has 4 atom stereocenters. The Morgan fingerprint density at radius 2 is 1.60 bits per heavy atom. The van der Waals surface area contributed by atoms with E-state index in [4.69, 9.17) is 9.47 Å². The van der Waals surface area contributed by atoms with Crippen molar-refractivity contribution < 1.29 is 44.8 Å². The van der Waals surface area contributed by atoms with E-state index in [1.807, 2.05) is 62.4 Å². The summed E-state index contributed by atoms with van der Waals surface area (Å²) in [5.74, 6) is -0.122. The van der Waals surface area contributed by atoms with Crippen LogP contribution in [0.4, 0.5) is 0 Å². The summed E-state index contributed by atoms with van der Waals surface area (Å²) in [5.41, 5.74) is 1.34. The number of benzene rings is 2. The number of nitrogens with one attached hydrogen (secondary N) is 2. The second-order valence-corrected chi connectivity index (χ2v) is 11.6. The number of carbonyl (C=O) groups is 1. The van der Waals surface area contributed by atoms with Crippen molar-refractivity contribution in [2.24, 2.45) is 0 Å². The largest absolute Gasteiger partial charge is 1.00 e. The minimum atomic E-state index is -0.547. The fourth-order valence-corrected chi connectivity index (χ4v) is 4.99. The molecule has 0 amide bonds. The molecular weight excluding hydrogens is 534 g/mol. The van der Waals surface area contributed by atoms with Gasteiger partial charge in [0.2, 0.25) is 0 Å². The van der Waals surface area contributed by atoms with Crippen molar-refractivity contribution in [3.05, 3.63) is 71.8 Å². The summed E-state index contributed by atoms with van der Waals surface area (Å²) in [5, 5.41) is 25.9. The molecule has 4 N–H and O–H groups in total. The summed E-state index contributed by atoms with van der Waals surface area (Å²) in [6.45, 7) is 10.8. The topological polar surface area (TPSA) is 100 Å². The summed E-state index contributed by atoms with van der Waals surface area (Å²) in [6.07, 6.45) is 8.57. The fourth-order valence-electron chi connectivity index (χ4n) is 4.99. The Bertz CT molecular complexity index is 969. The molecule has 2 aromatic carbocycles. The van der Waals surface area contributed by atoms with Crippen molar-refractivity contribution in [3.63, 3.8) is 0 Å². The van der Waals surface area contributed by atoms with Gasteiger partial charge in [0.15, 0.2) is 0 Å². The Hall–Kier alpha value is -1.63. The first-order valence-corrected chi connectivity index (χ1v) is 15.4. The molecule has 7 nitrogen and oxygen atoms in total. The molecule has 4 rings (SSSR count). The number of carbonyl (C=O) groups excluding carboxylic acids is 1. The van der Waals surface area contributed by atoms with Crippen molar-refractivity contribution in [1.29, 1.82) is 0 Å². The van der Waals surface area contributed by atoms with E-state index in [1.165, 1.54) is 18.4 Å². The first-order chi connectivity index (χ1) is 19.8. The smallest absolute Gasteiger partial charge is 1.00 e. The molecule has 0 aromatic heterocycles. The first-order valence-electron chi connectivity index (χ1n) is 15.4. The Morgan fingerprint density at radius 3 is 2.09 bits per heavy atom. The predicted molar refractivity (Wildman–Crippen MR) is 173 cm³/mol. The minimum Gasteiger partial charge on any atom is -1.00 e. The van der Waals surface area contributed by atoms with Gasteiger partial charge in [0.25, 0.3) is 0 Å². The Labute approximate surface area is 276 Å². The Morgan fingerprint density at radius 1 is 1.02 bits per heavy atom. The number of unbranched alkanes of at least 4 members (excludes halogenated alkanes) is 2. The normalized spacial score (nSPS) is 21.3. The molecule has 0 spiro atoms. The van der Waals surface area contributed by atoms with Crippen molar-refractivity contribution in [1.82, 2.24) is 10.6 Å². The number of rotatable bonds is 12. The predicted octanol–water partition coefficient (Wildman–Crippen LogP) is 2.61. The third-order valence-corrected chi connectivity index (χ3v) is 7.72. The van der Waals surface area contributed by atoms with Gasteiger partial charge in [-0.05, 0) is 50.7 Å². The van der Waals surface area contributed by atoms with E-state index in [2.05, 4.69) is 36.6 Å². The number of cyclic esters (lactones) is 1. The molecule has 2 aromatic rings. The van der Waals surface area contributed by atoms with Gasteiger partial charge in [-0.15, -0.1) is 0 Å². The molecule has 0 unspecified atom stereocenters. The number of hydrogen-bond acceptors (Lipinski definition) is 7. The number of hydrogen-bond donors (Lipinski definition) is 4. The summed E-state index contributed by atoms with van der Waals surface area (Å²) in [4.78, 5) is 11.9. The van der Waals surface area contributed by atoms with E-state index in [-0.39, 0.29) is 65.5 Å². The summed E-state index contributed by atoms with van der Waals surface area (Å²) in [6, 6.07) is 20.0. The number of ether oxygens (including phenoxy) is 2. The third kappa shape index (κ3) is 14.8. The molecule has 43 heavy (non-hydrogen) atoms. The van der Waals surface area contributed by atoms with Gasteiger partial charge >= 0.3 is 24.8 Å². The number of aliphatic hydroxyl groups is 2. The molecular formula is C34H55BLiN2O5. The quantitative estimate of drug-likeness (QED) is 0.223. The Balaban J connectivity index is 0. The van der Waals surface area contributed by atoms with Crippen LogP contribution in [-0.4, -0.2) is 68.7 Å².